The third-order valence-electron chi connectivity index (χ3n) is 5.95. The molecule has 2 aromatic rings. The van der Waals surface area contributed by atoms with Crippen LogP contribution in [0.3, 0.4) is 0 Å². The molecule has 0 heterocycles. The first-order valence-corrected chi connectivity index (χ1v) is 9.63. The maximum atomic E-state index is 6.49. The molecule has 0 saturated heterocycles. The van der Waals surface area contributed by atoms with Gasteiger partial charge in [-0.15, -0.1) is 19.0 Å². The number of hydrogen-bond acceptors (Lipinski definition) is 1. The van der Waals surface area contributed by atoms with Crippen molar-refractivity contribution in [2.45, 2.75) is 45.6 Å². The van der Waals surface area contributed by atoms with Crippen LogP contribution in [0.25, 0.3) is 11.6 Å². The largest absolute Gasteiger partial charge is 1.00 e. The Balaban J connectivity index is 0.00000243. The second-order valence-electron chi connectivity index (χ2n) is 7.13. The van der Waals surface area contributed by atoms with E-state index in [1.54, 1.807) is 0 Å². The molecular weight excluding hydrogens is 310 g/mol. The first-order valence-electron chi connectivity index (χ1n) is 9.63. The number of allylic oxidation sites excluding steroid dienone is 2. The van der Waals surface area contributed by atoms with Gasteiger partial charge in [0.2, 0.25) is 0 Å². The molecule has 0 N–H and O–H groups in total. The van der Waals surface area contributed by atoms with Gasteiger partial charge in [0.25, 0.3) is 0 Å². The predicted octanol–water partition coefficient (Wildman–Crippen LogP) is 3.86. The van der Waals surface area contributed by atoms with Gasteiger partial charge in [-0.3, -0.25) is 0 Å². The standard InChI is InChI=1S/C23H28BO.Li/c1-4-24(5-2,6-3)25-18-23-21-15-11-10-14-20(21)16-17-22(23)19-12-8-7-9-13-19;/h7-18,22H,4-6H2,1-3H3;/q-1;+1/b23-18+;/t22-;/m1./s1. The summed E-state index contributed by atoms with van der Waals surface area (Å²) < 4.78 is 6.49. The van der Waals surface area contributed by atoms with Crippen molar-refractivity contribution in [1.29, 1.82) is 0 Å². The Morgan fingerprint density at radius 2 is 1.50 bits per heavy atom. The smallest absolute Gasteiger partial charge is 0.718 e. The van der Waals surface area contributed by atoms with Gasteiger partial charge in [0.05, 0.1) is 0 Å². The van der Waals surface area contributed by atoms with Crippen molar-refractivity contribution in [3.05, 3.63) is 83.6 Å². The normalized spacial score (nSPS) is 17.5. The summed E-state index contributed by atoms with van der Waals surface area (Å²) in [5.41, 5.74) is 5.13. The van der Waals surface area contributed by atoms with Gasteiger partial charge in [0.1, 0.15) is 0 Å². The van der Waals surface area contributed by atoms with E-state index in [-0.39, 0.29) is 24.8 Å². The SMILES string of the molecule is CC[B-](CC)(CC)O/C=C1\c2ccccc2C=C[C@@H]1c1ccccc1.[Li+]. The van der Waals surface area contributed by atoms with Crippen LogP contribution in [0.4, 0.5) is 0 Å². The average Bonchev–Trinajstić information content (AvgIpc) is 2.70. The van der Waals surface area contributed by atoms with Crippen LogP contribution in [0, 0.1) is 0 Å². The zero-order chi connectivity index (χ0) is 17.7. The summed E-state index contributed by atoms with van der Waals surface area (Å²) >= 11 is 0. The molecule has 0 spiro atoms. The van der Waals surface area contributed by atoms with Gasteiger partial charge in [-0.25, -0.2) is 0 Å². The molecule has 3 heteroatoms. The van der Waals surface area contributed by atoms with Crippen LogP contribution >= 0.6 is 0 Å². The van der Waals surface area contributed by atoms with Gasteiger partial charge >= 0.3 is 18.9 Å². The maximum absolute atomic E-state index is 6.49. The fourth-order valence-corrected chi connectivity index (χ4v) is 3.84. The molecule has 1 aliphatic rings. The number of rotatable bonds is 6. The van der Waals surface area contributed by atoms with E-state index in [9.17, 15) is 0 Å². The van der Waals surface area contributed by atoms with Crippen molar-refractivity contribution in [2.24, 2.45) is 0 Å². The molecule has 1 nitrogen and oxygen atoms in total. The van der Waals surface area contributed by atoms with Gasteiger partial charge in [-0.2, -0.15) is 0 Å². The quantitative estimate of drug-likeness (QED) is 0.574. The Kier molecular flexibility index (Phi) is 7.45. The Bertz CT molecular complexity index is 755. The molecule has 2 aromatic carbocycles. The van der Waals surface area contributed by atoms with Crippen LogP contribution in [-0.4, -0.2) is 6.35 Å². The molecule has 0 bridgehead atoms. The fraction of sp³-hybridized carbons (Fsp3) is 0.304. The van der Waals surface area contributed by atoms with Crippen LogP contribution < -0.4 is 18.9 Å². The monoisotopic (exact) mass is 338 g/mol. The van der Waals surface area contributed by atoms with Crippen LogP contribution in [0.15, 0.2) is 66.9 Å². The van der Waals surface area contributed by atoms with E-state index in [4.69, 9.17) is 4.65 Å². The number of fused-ring (bicyclic) bond motifs is 1. The van der Waals surface area contributed by atoms with Gasteiger partial charge in [0, 0.05) is 17.8 Å². The van der Waals surface area contributed by atoms with E-state index >= 15 is 0 Å². The Morgan fingerprint density at radius 1 is 0.885 bits per heavy atom. The van der Waals surface area contributed by atoms with E-state index in [0.717, 1.165) is 19.0 Å². The minimum absolute atomic E-state index is 0. The number of hydrogen-bond donors (Lipinski definition) is 0. The minimum Gasteiger partial charge on any atom is -0.718 e. The van der Waals surface area contributed by atoms with E-state index in [0.29, 0.717) is 0 Å². The van der Waals surface area contributed by atoms with Crippen molar-refractivity contribution < 1.29 is 23.5 Å². The molecule has 0 aliphatic heterocycles. The Morgan fingerprint density at radius 3 is 2.15 bits per heavy atom. The second-order valence-corrected chi connectivity index (χ2v) is 7.13. The zero-order valence-electron chi connectivity index (χ0n) is 16.6. The summed E-state index contributed by atoms with van der Waals surface area (Å²) in [5, 5.41) is 0. The summed E-state index contributed by atoms with van der Waals surface area (Å²) in [6.45, 7) is 6.73. The van der Waals surface area contributed by atoms with Crippen molar-refractivity contribution >= 4 is 18.0 Å². The van der Waals surface area contributed by atoms with Gasteiger partial charge in [-0.1, -0.05) is 87.5 Å². The first-order chi connectivity index (χ1) is 12.2. The predicted molar refractivity (Wildman–Crippen MR) is 111 cm³/mol. The molecule has 130 valence electrons. The average molecular weight is 338 g/mol. The first kappa shape index (κ1) is 20.7. The summed E-state index contributed by atoms with van der Waals surface area (Å²) in [5.74, 6) is 0.246. The third kappa shape index (κ3) is 4.20. The Labute approximate surface area is 170 Å². The summed E-state index contributed by atoms with van der Waals surface area (Å²) in [6, 6.07) is 19.3. The third-order valence-corrected chi connectivity index (χ3v) is 5.95. The van der Waals surface area contributed by atoms with Crippen LogP contribution in [0.5, 0.6) is 0 Å². The molecular formula is C23H28BLiO. The summed E-state index contributed by atoms with van der Waals surface area (Å²) in [6.07, 6.45) is 9.08. The number of benzene rings is 2. The molecule has 3 rings (SSSR count). The molecule has 0 saturated carbocycles. The van der Waals surface area contributed by atoms with E-state index in [1.807, 2.05) is 0 Å². The topological polar surface area (TPSA) is 9.23 Å². The van der Waals surface area contributed by atoms with Crippen molar-refractivity contribution in [3.63, 3.8) is 0 Å². The molecule has 1 aliphatic carbocycles. The fourth-order valence-electron chi connectivity index (χ4n) is 3.84. The summed E-state index contributed by atoms with van der Waals surface area (Å²) in [7, 11) is 0. The summed E-state index contributed by atoms with van der Waals surface area (Å²) in [4.78, 5) is 0. The van der Waals surface area contributed by atoms with E-state index in [1.165, 1.54) is 22.3 Å². The molecule has 0 unspecified atom stereocenters. The molecule has 0 fully saturated rings. The van der Waals surface area contributed by atoms with Crippen LogP contribution in [0.2, 0.25) is 19.0 Å². The molecule has 0 radical (unpaired) electrons. The molecule has 1 atom stereocenters. The van der Waals surface area contributed by atoms with Gasteiger partial charge < -0.3 is 4.65 Å². The van der Waals surface area contributed by atoms with E-state index in [2.05, 4.69) is 93.8 Å². The maximum Gasteiger partial charge on any atom is 1.00 e. The molecule has 26 heavy (non-hydrogen) atoms. The van der Waals surface area contributed by atoms with Crippen LogP contribution in [-0.2, 0) is 4.65 Å². The molecule has 0 amide bonds. The van der Waals surface area contributed by atoms with Gasteiger partial charge in [-0.05, 0) is 16.7 Å². The molecule has 0 aromatic heterocycles. The minimum atomic E-state index is -0.780. The zero-order valence-corrected chi connectivity index (χ0v) is 16.6. The van der Waals surface area contributed by atoms with Gasteiger partial charge in [0.15, 0.2) is 6.35 Å². The Hall–Kier alpha value is -1.62. The van der Waals surface area contributed by atoms with Crippen molar-refractivity contribution in [3.8, 4) is 0 Å². The van der Waals surface area contributed by atoms with Crippen molar-refractivity contribution in [2.75, 3.05) is 0 Å². The van der Waals surface area contributed by atoms with E-state index < -0.39 is 6.35 Å². The second kappa shape index (κ2) is 9.36. The van der Waals surface area contributed by atoms with Crippen LogP contribution in [0.1, 0.15) is 43.4 Å². The van der Waals surface area contributed by atoms with Crippen molar-refractivity contribution in [1.82, 2.24) is 0 Å².